The van der Waals surface area contributed by atoms with Crippen LogP contribution in [-0.4, -0.2) is 50.3 Å². The maximum Gasteiger partial charge on any atom is 0.338 e. The van der Waals surface area contributed by atoms with Crippen molar-refractivity contribution < 1.29 is 23.5 Å². The summed E-state index contributed by atoms with van der Waals surface area (Å²) in [6.07, 6.45) is 0. The predicted molar refractivity (Wildman–Crippen MR) is 114 cm³/mol. The molecule has 2 aromatic rings. The largest absolute Gasteiger partial charge is 0.492 e. The van der Waals surface area contributed by atoms with Crippen LogP contribution in [-0.2, 0) is 9.53 Å². The fraction of sp³-hybridized carbons (Fsp3) is 0.304. The van der Waals surface area contributed by atoms with Crippen LogP contribution in [0.15, 0.2) is 65.9 Å². The summed E-state index contributed by atoms with van der Waals surface area (Å²) in [5.41, 5.74) is 1.65. The van der Waals surface area contributed by atoms with E-state index in [1.807, 2.05) is 42.3 Å². The number of nitrogens with zero attached hydrogens (tertiary/aromatic N) is 1. The molecule has 1 aliphatic heterocycles. The fourth-order valence-corrected chi connectivity index (χ4v) is 3.29. The Kier molecular flexibility index (Phi) is 7.61. The van der Waals surface area contributed by atoms with Gasteiger partial charge in [0.05, 0.1) is 18.2 Å². The van der Waals surface area contributed by atoms with Gasteiger partial charge in [0.1, 0.15) is 18.2 Å². The quantitative estimate of drug-likeness (QED) is 0.602. The van der Waals surface area contributed by atoms with Crippen LogP contribution in [0.5, 0.6) is 5.75 Å². The Hall–Kier alpha value is -3.39. The van der Waals surface area contributed by atoms with Gasteiger partial charge in [-0.3, -0.25) is 4.90 Å². The Morgan fingerprint density at radius 1 is 1.13 bits per heavy atom. The minimum Gasteiger partial charge on any atom is -0.492 e. The number of likely N-dealkylation sites (N-methyl/N-ethyl adjacent to an activating group) is 1. The van der Waals surface area contributed by atoms with E-state index in [-0.39, 0.29) is 18.5 Å². The minimum absolute atomic E-state index is 0.229. The summed E-state index contributed by atoms with van der Waals surface area (Å²) >= 11 is 0. The molecular weight excluding hydrogens is 401 g/mol. The minimum atomic E-state index is -0.604. The van der Waals surface area contributed by atoms with E-state index in [9.17, 15) is 14.0 Å². The van der Waals surface area contributed by atoms with Gasteiger partial charge in [-0.25, -0.2) is 14.0 Å². The number of halogens is 1. The first-order valence-electron chi connectivity index (χ1n) is 10.1. The second kappa shape index (κ2) is 10.6. The van der Waals surface area contributed by atoms with Crippen LogP contribution in [0.4, 0.5) is 9.18 Å². The summed E-state index contributed by atoms with van der Waals surface area (Å²) in [4.78, 5) is 27.0. The van der Waals surface area contributed by atoms with Gasteiger partial charge in [-0.15, -0.1) is 0 Å². The summed E-state index contributed by atoms with van der Waals surface area (Å²) in [5.74, 6) is -0.229. The molecule has 1 heterocycles. The van der Waals surface area contributed by atoms with Crippen molar-refractivity contribution in [2.45, 2.75) is 13.0 Å². The van der Waals surface area contributed by atoms with E-state index in [1.54, 1.807) is 19.1 Å². The number of nitrogens with one attached hydrogen (secondary N) is 2. The molecule has 0 radical (unpaired) electrons. The molecule has 0 aromatic heterocycles. The third kappa shape index (κ3) is 6.05. The van der Waals surface area contributed by atoms with Crippen molar-refractivity contribution in [3.8, 4) is 5.75 Å². The van der Waals surface area contributed by atoms with Crippen LogP contribution in [0.1, 0.15) is 18.5 Å². The zero-order valence-electron chi connectivity index (χ0n) is 17.6. The molecule has 0 saturated carbocycles. The molecule has 164 valence electrons. The molecule has 3 rings (SSSR count). The van der Waals surface area contributed by atoms with E-state index in [2.05, 4.69) is 10.6 Å². The maximum absolute atomic E-state index is 13.0. The number of ether oxygens (including phenoxy) is 2. The molecule has 1 unspecified atom stereocenters. The van der Waals surface area contributed by atoms with Gasteiger partial charge in [-0.05, 0) is 43.8 Å². The molecule has 2 amide bonds. The summed E-state index contributed by atoms with van der Waals surface area (Å²) in [7, 11) is 1.86. The van der Waals surface area contributed by atoms with E-state index in [4.69, 9.17) is 9.47 Å². The van der Waals surface area contributed by atoms with Crippen molar-refractivity contribution in [2.24, 2.45) is 0 Å². The molecule has 1 atom stereocenters. The normalized spacial score (nSPS) is 16.0. The number of urea groups is 1. The van der Waals surface area contributed by atoms with Gasteiger partial charge in [0.2, 0.25) is 0 Å². The van der Waals surface area contributed by atoms with Crippen molar-refractivity contribution in [1.82, 2.24) is 15.5 Å². The van der Waals surface area contributed by atoms with Gasteiger partial charge in [-0.1, -0.05) is 30.3 Å². The fourth-order valence-electron chi connectivity index (χ4n) is 3.29. The molecule has 7 nitrogen and oxygen atoms in total. The first-order chi connectivity index (χ1) is 15.0. The number of carbonyl (C=O) groups is 2. The lowest BCUT2D eigenvalue weighted by atomic mass is 9.95. The first kappa shape index (κ1) is 22.3. The summed E-state index contributed by atoms with van der Waals surface area (Å²) in [6.45, 7) is 3.17. The molecule has 0 bridgehead atoms. The second-order valence-corrected chi connectivity index (χ2v) is 7.10. The highest BCUT2D eigenvalue weighted by atomic mass is 19.1. The molecule has 0 aliphatic carbocycles. The standard InChI is InChI=1S/C23H26FN3O4/c1-3-30-22(28)20-19(25-23(29)26-21(20)16-7-5-4-6-8-16)15-27(2)13-14-31-18-11-9-17(24)10-12-18/h4-12,21H,3,13-15H2,1-2H3,(H2,25,26,29). The zero-order valence-corrected chi connectivity index (χ0v) is 17.6. The van der Waals surface area contributed by atoms with Gasteiger partial charge in [-0.2, -0.15) is 0 Å². The van der Waals surface area contributed by atoms with Crippen molar-refractivity contribution in [3.05, 3.63) is 77.2 Å². The Morgan fingerprint density at radius 3 is 2.52 bits per heavy atom. The SMILES string of the molecule is CCOC(=O)C1=C(CN(C)CCOc2ccc(F)cc2)NC(=O)NC1c1ccccc1. The van der Waals surface area contributed by atoms with Gasteiger partial charge in [0.15, 0.2) is 0 Å². The lowest BCUT2D eigenvalue weighted by Gasteiger charge is -2.31. The topological polar surface area (TPSA) is 79.9 Å². The number of esters is 1. The first-order valence-corrected chi connectivity index (χ1v) is 10.1. The van der Waals surface area contributed by atoms with Crippen LogP contribution in [0, 0.1) is 5.82 Å². The second-order valence-electron chi connectivity index (χ2n) is 7.10. The van der Waals surface area contributed by atoms with Gasteiger partial charge < -0.3 is 20.1 Å². The maximum atomic E-state index is 13.0. The Labute approximate surface area is 180 Å². The highest BCUT2D eigenvalue weighted by Gasteiger charge is 2.33. The number of hydrogen-bond acceptors (Lipinski definition) is 5. The van der Waals surface area contributed by atoms with Crippen molar-refractivity contribution in [1.29, 1.82) is 0 Å². The number of rotatable bonds is 9. The smallest absolute Gasteiger partial charge is 0.338 e. The highest BCUT2D eigenvalue weighted by Crippen LogP contribution is 2.28. The molecule has 1 aliphatic rings. The van der Waals surface area contributed by atoms with Gasteiger partial charge in [0.25, 0.3) is 0 Å². The molecule has 0 spiro atoms. The van der Waals surface area contributed by atoms with Crippen LogP contribution in [0.25, 0.3) is 0 Å². The summed E-state index contributed by atoms with van der Waals surface area (Å²) in [5, 5.41) is 5.57. The average Bonchev–Trinajstić information content (AvgIpc) is 2.75. The molecule has 31 heavy (non-hydrogen) atoms. The van der Waals surface area contributed by atoms with E-state index in [1.165, 1.54) is 12.1 Å². The van der Waals surface area contributed by atoms with E-state index < -0.39 is 12.0 Å². The van der Waals surface area contributed by atoms with E-state index >= 15 is 0 Å². The number of benzene rings is 2. The highest BCUT2D eigenvalue weighted by molar-refractivity contribution is 5.95. The predicted octanol–water partition coefficient (Wildman–Crippen LogP) is 3.01. The third-order valence-corrected chi connectivity index (χ3v) is 4.77. The number of carbonyl (C=O) groups excluding carboxylic acids is 2. The zero-order chi connectivity index (χ0) is 22.2. The molecular formula is C23H26FN3O4. The van der Waals surface area contributed by atoms with Crippen molar-refractivity contribution in [3.63, 3.8) is 0 Å². The van der Waals surface area contributed by atoms with E-state index in [0.717, 1.165) is 5.56 Å². The molecule has 0 fully saturated rings. The Morgan fingerprint density at radius 2 is 1.84 bits per heavy atom. The molecule has 2 aromatic carbocycles. The third-order valence-electron chi connectivity index (χ3n) is 4.77. The van der Waals surface area contributed by atoms with Crippen LogP contribution >= 0.6 is 0 Å². The van der Waals surface area contributed by atoms with Gasteiger partial charge >= 0.3 is 12.0 Å². The van der Waals surface area contributed by atoms with Gasteiger partial charge in [0, 0.05) is 18.8 Å². The number of amides is 2. The summed E-state index contributed by atoms with van der Waals surface area (Å²) in [6, 6.07) is 14.1. The van der Waals surface area contributed by atoms with Crippen LogP contribution in [0.3, 0.4) is 0 Å². The molecule has 8 heteroatoms. The Bertz CT molecular complexity index is 932. The van der Waals surface area contributed by atoms with Crippen molar-refractivity contribution >= 4 is 12.0 Å². The average molecular weight is 427 g/mol. The van der Waals surface area contributed by atoms with Crippen molar-refractivity contribution in [2.75, 3.05) is 33.4 Å². The monoisotopic (exact) mass is 427 g/mol. The van der Waals surface area contributed by atoms with Crippen LogP contribution in [0.2, 0.25) is 0 Å². The lowest BCUT2D eigenvalue weighted by molar-refractivity contribution is -0.139. The summed E-state index contributed by atoms with van der Waals surface area (Å²) < 4.78 is 23.9. The van der Waals surface area contributed by atoms with E-state index in [0.29, 0.717) is 36.7 Å². The number of hydrogen-bond donors (Lipinski definition) is 2. The Balaban J connectivity index is 1.74. The van der Waals surface area contributed by atoms with Crippen LogP contribution < -0.4 is 15.4 Å². The lowest BCUT2D eigenvalue weighted by Crippen LogP contribution is -2.48. The molecule has 2 N–H and O–H groups in total. The molecule has 0 saturated heterocycles.